The lowest BCUT2D eigenvalue weighted by Crippen LogP contribution is -2.47. The molecule has 18 heavy (non-hydrogen) atoms. The van der Waals surface area contributed by atoms with Gasteiger partial charge in [-0.2, -0.15) is 0 Å². The molecule has 1 saturated carbocycles. The summed E-state index contributed by atoms with van der Waals surface area (Å²) >= 11 is 0. The van der Waals surface area contributed by atoms with Crippen molar-refractivity contribution in [2.45, 2.75) is 57.8 Å². The van der Waals surface area contributed by atoms with Gasteiger partial charge in [-0.25, -0.2) is 0 Å². The molecule has 0 radical (unpaired) electrons. The fourth-order valence-electron chi connectivity index (χ4n) is 2.13. The van der Waals surface area contributed by atoms with Gasteiger partial charge in [-0.05, 0) is 33.6 Å². The highest BCUT2D eigenvalue weighted by Gasteiger charge is 2.43. The maximum atomic E-state index is 11.7. The minimum atomic E-state index is -0.862. The van der Waals surface area contributed by atoms with E-state index in [-0.39, 0.29) is 18.2 Å². The first-order chi connectivity index (χ1) is 8.48. The highest BCUT2D eigenvalue weighted by atomic mass is 16.5. The van der Waals surface area contributed by atoms with Crippen LogP contribution in [0.25, 0.3) is 0 Å². The van der Waals surface area contributed by atoms with E-state index in [1.54, 1.807) is 6.92 Å². The third-order valence-corrected chi connectivity index (χ3v) is 3.07. The molecule has 0 aromatic heterocycles. The van der Waals surface area contributed by atoms with Crippen molar-refractivity contribution in [3.63, 3.8) is 0 Å². The zero-order valence-electron chi connectivity index (χ0n) is 11.6. The van der Waals surface area contributed by atoms with Crippen molar-refractivity contribution in [1.29, 1.82) is 0 Å². The Hall–Kier alpha value is -0.650. The van der Waals surface area contributed by atoms with E-state index in [1.807, 2.05) is 13.8 Å². The van der Waals surface area contributed by atoms with Crippen LogP contribution in [-0.2, 0) is 19.0 Å². The lowest BCUT2D eigenvalue weighted by molar-refractivity contribution is -0.149. The van der Waals surface area contributed by atoms with Gasteiger partial charge in [0.25, 0.3) is 0 Å². The van der Waals surface area contributed by atoms with Gasteiger partial charge in [0, 0.05) is 6.42 Å². The monoisotopic (exact) mass is 259 g/mol. The Morgan fingerprint density at radius 3 is 2.78 bits per heavy atom. The van der Waals surface area contributed by atoms with Crippen molar-refractivity contribution in [3.8, 4) is 0 Å². The van der Waals surface area contributed by atoms with Gasteiger partial charge in [-0.1, -0.05) is 0 Å². The molecule has 1 rings (SSSR count). The van der Waals surface area contributed by atoms with E-state index in [2.05, 4.69) is 0 Å². The van der Waals surface area contributed by atoms with Gasteiger partial charge in [0.1, 0.15) is 5.54 Å². The lowest BCUT2D eigenvalue weighted by atomic mass is 9.99. The number of carbonyl (C=O) groups is 1. The quantitative estimate of drug-likeness (QED) is 0.550. The minimum Gasteiger partial charge on any atom is -0.465 e. The molecular formula is C13H25NO4. The van der Waals surface area contributed by atoms with Crippen LogP contribution in [0.5, 0.6) is 0 Å². The van der Waals surface area contributed by atoms with Crippen LogP contribution in [0, 0.1) is 0 Å². The number of nitrogens with two attached hydrogens (primary N) is 1. The molecule has 0 spiro atoms. The molecule has 0 aromatic rings. The molecule has 5 nitrogen and oxygen atoms in total. The second-order valence-corrected chi connectivity index (χ2v) is 5.03. The topological polar surface area (TPSA) is 70.8 Å². The Bertz CT molecular complexity index is 270. The molecule has 0 heterocycles. The van der Waals surface area contributed by atoms with Crippen LogP contribution < -0.4 is 5.73 Å². The molecule has 0 aliphatic heterocycles. The molecule has 1 fully saturated rings. The summed E-state index contributed by atoms with van der Waals surface area (Å²) in [6.07, 6.45) is 2.21. The largest absolute Gasteiger partial charge is 0.465 e. The molecule has 2 atom stereocenters. The third kappa shape index (κ3) is 4.55. The predicted octanol–water partition coefficient (Wildman–Crippen LogP) is 1.24. The molecule has 0 bridgehead atoms. The highest BCUT2D eigenvalue weighted by Crippen LogP contribution is 2.30. The van der Waals surface area contributed by atoms with E-state index in [9.17, 15) is 4.79 Å². The maximum absolute atomic E-state index is 11.7. The Kier molecular flexibility index (Phi) is 6.05. The fraction of sp³-hybridized carbons (Fsp3) is 0.923. The van der Waals surface area contributed by atoms with Crippen molar-refractivity contribution >= 4 is 5.97 Å². The summed E-state index contributed by atoms with van der Waals surface area (Å²) in [4.78, 5) is 11.7. The number of carbonyl (C=O) groups excluding carboxylic acids is 1. The Morgan fingerprint density at radius 2 is 2.17 bits per heavy atom. The van der Waals surface area contributed by atoms with E-state index in [1.165, 1.54) is 0 Å². The van der Waals surface area contributed by atoms with E-state index < -0.39 is 5.54 Å². The number of rotatable bonds is 7. The molecule has 0 amide bonds. The Labute approximate surface area is 109 Å². The summed E-state index contributed by atoms with van der Waals surface area (Å²) < 4.78 is 16.0. The molecule has 106 valence electrons. The Morgan fingerprint density at radius 1 is 1.44 bits per heavy atom. The van der Waals surface area contributed by atoms with E-state index in [0.29, 0.717) is 32.7 Å². The average molecular weight is 259 g/mol. The second-order valence-electron chi connectivity index (χ2n) is 5.03. The number of hydrogen-bond donors (Lipinski definition) is 1. The SMILES string of the molecule is CCOC(=O)C1(N)CCC(OCCOC(C)C)C1. The van der Waals surface area contributed by atoms with Gasteiger partial charge in [0.05, 0.1) is 32.0 Å². The molecule has 1 aliphatic rings. The summed E-state index contributed by atoms with van der Waals surface area (Å²) in [5, 5.41) is 0. The zero-order valence-corrected chi connectivity index (χ0v) is 11.6. The van der Waals surface area contributed by atoms with Crippen LogP contribution in [0.2, 0.25) is 0 Å². The van der Waals surface area contributed by atoms with Crippen LogP contribution in [0.4, 0.5) is 0 Å². The third-order valence-electron chi connectivity index (χ3n) is 3.07. The van der Waals surface area contributed by atoms with Crippen LogP contribution in [0.1, 0.15) is 40.0 Å². The van der Waals surface area contributed by atoms with Gasteiger partial charge < -0.3 is 19.9 Å². The van der Waals surface area contributed by atoms with E-state index in [0.717, 1.165) is 6.42 Å². The van der Waals surface area contributed by atoms with Crippen molar-refractivity contribution in [3.05, 3.63) is 0 Å². The van der Waals surface area contributed by atoms with Crippen LogP contribution >= 0.6 is 0 Å². The first-order valence-electron chi connectivity index (χ1n) is 6.67. The minimum absolute atomic E-state index is 0.0372. The molecule has 0 aromatic carbocycles. The molecule has 2 N–H and O–H groups in total. The normalized spacial score (nSPS) is 27.7. The predicted molar refractivity (Wildman–Crippen MR) is 68.2 cm³/mol. The number of ether oxygens (including phenoxy) is 3. The second kappa shape index (κ2) is 7.07. The summed E-state index contributed by atoms with van der Waals surface area (Å²) in [5.74, 6) is -0.311. The van der Waals surface area contributed by atoms with Gasteiger partial charge in [0.15, 0.2) is 0 Å². The van der Waals surface area contributed by atoms with Crippen LogP contribution in [-0.4, -0.2) is 43.5 Å². The zero-order chi connectivity index (χ0) is 13.6. The van der Waals surface area contributed by atoms with E-state index in [4.69, 9.17) is 19.9 Å². The van der Waals surface area contributed by atoms with Crippen LogP contribution in [0.3, 0.4) is 0 Å². The number of esters is 1. The van der Waals surface area contributed by atoms with Gasteiger partial charge in [0.2, 0.25) is 0 Å². The summed E-state index contributed by atoms with van der Waals surface area (Å²) in [7, 11) is 0. The van der Waals surface area contributed by atoms with Gasteiger partial charge >= 0.3 is 5.97 Å². The van der Waals surface area contributed by atoms with Gasteiger partial charge in [-0.15, -0.1) is 0 Å². The molecular weight excluding hydrogens is 234 g/mol. The van der Waals surface area contributed by atoms with Crippen molar-refractivity contribution in [2.75, 3.05) is 19.8 Å². The molecule has 2 unspecified atom stereocenters. The lowest BCUT2D eigenvalue weighted by Gasteiger charge is -2.21. The standard InChI is InChI=1S/C13H25NO4/c1-4-16-12(15)13(14)6-5-11(9-13)18-8-7-17-10(2)3/h10-11H,4-9,14H2,1-3H3. The van der Waals surface area contributed by atoms with Crippen molar-refractivity contribution in [2.24, 2.45) is 5.73 Å². The number of hydrogen-bond acceptors (Lipinski definition) is 5. The average Bonchev–Trinajstić information content (AvgIpc) is 2.68. The van der Waals surface area contributed by atoms with Crippen molar-refractivity contribution in [1.82, 2.24) is 0 Å². The smallest absolute Gasteiger partial charge is 0.326 e. The highest BCUT2D eigenvalue weighted by molar-refractivity contribution is 5.81. The van der Waals surface area contributed by atoms with Crippen LogP contribution in [0.15, 0.2) is 0 Å². The molecule has 5 heteroatoms. The Balaban J connectivity index is 2.26. The van der Waals surface area contributed by atoms with Crippen molar-refractivity contribution < 1.29 is 19.0 Å². The fourth-order valence-corrected chi connectivity index (χ4v) is 2.13. The summed E-state index contributed by atoms with van der Waals surface area (Å²) in [6.45, 7) is 7.24. The molecule has 1 aliphatic carbocycles. The van der Waals surface area contributed by atoms with E-state index >= 15 is 0 Å². The maximum Gasteiger partial charge on any atom is 0.326 e. The first kappa shape index (κ1) is 15.4. The van der Waals surface area contributed by atoms with Gasteiger partial charge in [-0.3, -0.25) is 4.79 Å². The first-order valence-corrected chi connectivity index (χ1v) is 6.67. The summed E-state index contributed by atoms with van der Waals surface area (Å²) in [6, 6.07) is 0. The summed E-state index contributed by atoms with van der Waals surface area (Å²) in [5.41, 5.74) is 5.18. The molecule has 0 saturated heterocycles.